The molecule has 0 unspecified atom stereocenters. The van der Waals surface area contributed by atoms with Crippen LogP contribution in [0, 0.1) is 5.82 Å². The molecule has 1 fully saturated rings. The van der Waals surface area contributed by atoms with Crippen LogP contribution in [0.5, 0.6) is 5.75 Å². The Kier molecular flexibility index (Phi) is 5.47. The van der Waals surface area contributed by atoms with Crippen molar-refractivity contribution in [3.8, 4) is 17.0 Å². The molecule has 30 heavy (non-hydrogen) atoms. The van der Waals surface area contributed by atoms with Gasteiger partial charge in [-0.3, -0.25) is 14.2 Å². The Balaban J connectivity index is 1.38. The molecule has 0 aliphatic carbocycles. The highest BCUT2D eigenvalue weighted by atomic mass is 19.1. The van der Waals surface area contributed by atoms with Gasteiger partial charge in [0.05, 0.1) is 12.0 Å². The summed E-state index contributed by atoms with van der Waals surface area (Å²) in [6, 6.07) is 14.1. The molecule has 3 aromatic rings. The fourth-order valence-electron chi connectivity index (χ4n) is 3.45. The van der Waals surface area contributed by atoms with E-state index in [1.165, 1.54) is 29.1 Å². The van der Waals surface area contributed by atoms with Crippen molar-refractivity contribution in [2.24, 2.45) is 0 Å². The van der Waals surface area contributed by atoms with E-state index in [2.05, 4.69) is 9.88 Å². The zero-order valence-corrected chi connectivity index (χ0v) is 16.2. The van der Waals surface area contributed by atoms with Crippen LogP contribution in [0.25, 0.3) is 11.3 Å². The number of benzene rings is 2. The van der Waals surface area contributed by atoms with Gasteiger partial charge in [0.2, 0.25) is 5.91 Å². The molecule has 0 spiro atoms. The number of amides is 1. The summed E-state index contributed by atoms with van der Waals surface area (Å²) >= 11 is 0. The summed E-state index contributed by atoms with van der Waals surface area (Å²) in [5.74, 6) is -0.279. The van der Waals surface area contributed by atoms with Crippen LogP contribution in [0.1, 0.15) is 0 Å². The highest BCUT2D eigenvalue weighted by Crippen LogP contribution is 2.20. The largest absolute Gasteiger partial charge is 0.508 e. The highest BCUT2D eigenvalue weighted by Gasteiger charge is 2.22. The zero-order valence-electron chi connectivity index (χ0n) is 16.2. The molecule has 4 rings (SSSR count). The van der Waals surface area contributed by atoms with Gasteiger partial charge in [-0.1, -0.05) is 0 Å². The SMILES string of the molecule is O=C(Cn1cnc(-c2ccc(F)cc2)cc1=O)N1CCN(c2ccc(O)cc2)CC1. The van der Waals surface area contributed by atoms with Crippen molar-refractivity contribution in [2.45, 2.75) is 6.54 Å². The fourth-order valence-corrected chi connectivity index (χ4v) is 3.45. The summed E-state index contributed by atoms with van der Waals surface area (Å²) in [7, 11) is 0. The quantitative estimate of drug-likeness (QED) is 0.715. The van der Waals surface area contributed by atoms with Crippen molar-refractivity contribution in [2.75, 3.05) is 31.1 Å². The van der Waals surface area contributed by atoms with Crippen LogP contribution in [-0.2, 0) is 11.3 Å². The van der Waals surface area contributed by atoms with Crippen LogP contribution >= 0.6 is 0 Å². The van der Waals surface area contributed by atoms with E-state index in [0.29, 0.717) is 37.4 Å². The number of hydrogen-bond acceptors (Lipinski definition) is 5. The van der Waals surface area contributed by atoms with Crippen molar-refractivity contribution >= 4 is 11.6 Å². The summed E-state index contributed by atoms with van der Waals surface area (Å²) in [5.41, 5.74) is 1.74. The predicted octanol–water partition coefficient (Wildman–Crippen LogP) is 2.10. The van der Waals surface area contributed by atoms with Gasteiger partial charge in [-0.15, -0.1) is 0 Å². The standard InChI is InChI=1S/C22H21FN4O3/c23-17-3-1-16(2-4-17)20-13-21(29)27(15-24-20)14-22(30)26-11-9-25(10-12-26)18-5-7-19(28)8-6-18/h1-8,13,15,28H,9-12,14H2. The lowest BCUT2D eigenvalue weighted by Crippen LogP contribution is -2.50. The average Bonchev–Trinajstić information content (AvgIpc) is 2.76. The molecular weight excluding hydrogens is 387 g/mol. The number of phenols is 1. The zero-order chi connectivity index (χ0) is 21.1. The molecule has 1 amide bonds. The van der Waals surface area contributed by atoms with Gasteiger partial charge in [0.25, 0.3) is 5.56 Å². The fraction of sp³-hybridized carbons (Fsp3) is 0.227. The number of hydrogen-bond donors (Lipinski definition) is 1. The second-order valence-electron chi connectivity index (χ2n) is 7.13. The van der Waals surface area contributed by atoms with E-state index in [-0.39, 0.29) is 29.6 Å². The minimum absolute atomic E-state index is 0.0747. The normalized spacial score (nSPS) is 14.0. The Hall–Kier alpha value is -3.68. The van der Waals surface area contributed by atoms with Crippen molar-refractivity contribution in [3.05, 3.63) is 77.1 Å². The molecule has 1 N–H and O–H groups in total. The molecule has 2 aromatic carbocycles. The van der Waals surface area contributed by atoms with Gasteiger partial charge in [-0.2, -0.15) is 0 Å². The molecular formula is C22H21FN4O3. The van der Waals surface area contributed by atoms with Crippen LogP contribution in [0.4, 0.5) is 10.1 Å². The van der Waals surface area contributed by atoms with Gasteiger partial charge in [-0.05, 0) is 48.5 Å². The number of carbonyl (C=O) groups is 1. The Labute approximate surface area is 172 Å². The highest BCUT2D eigenvalue weighted by molar-refractivity contribution is 5.76. The van der Waals surface area contributed by atoms with Crippen molar-refractivity contribution < 1.29 is 14.3 Å². The number of anilines is 1. The maximum absolute atomic E-state index is 13.1. The van der Waals surface area contributed by atoms with Crippen LogP contribution < -0.4 is 10.5 Å². The third kappa shape index (κ3) is 4.32. The lowest BCUT2D eigenvalue weighted by atomic mass is 10.1. The molecule has 0 radical (unpaired) electrons. The molecule has 0 atom stereocenters. The summed E-state index contributed by atoms with van der Waals surface area (Å²) < 4.78 is 14.3. The van der Waals surface area contributed by atoms with E-state index >= 15 is 0 Å². The molecule has 1 saturated heterocycles. The van der Waals surface area contributed by atoms with E-state index in [0.717, 1.165) is 5.69 Å². The maximum Gasteiger partial charge on any atom is 0.254 e. The molecule has 154 valence electrons. The van der Waals surface area contributed by atoms with E-state index in [4.69, 9.17) is 0 Å². The predicted molar refractivity (Wildman–Crippen MR) is 111 cm³/mol. The first-order chi connectivity index (χ1) is 14.5. The smallest absolute Gasteiger partial charge is 0.254 e. The van der Waals surface area contributed by atoms with Crippen molar-refractivity contribution in [1.82, 2.24) is 14.5 Å². The van der Waals surface area contributed by atoms with Crippen molar-refractivity contribution in [3.63, 3.8) is 0 Å². The number of carbonyl (C=O) groups excluding carboxylic acids is 1. The van der Waals surface area contributed by atoms with Crippen molar-refractivity contribution in [1.29, 1.82) is 0 Å². The summed E-state index contributed by atoms with van der Waals surface area (Å²) in [5, 5.41) is 9.41. The molecule has 0 bridgehead atoms. The van der Waals surface area contributed by atoms with Gasteiger partial charge in [-0.25, -0.2) is 9.37 Å². The van der Waals surface area contributed by atoms with Crippen LogP contribution in [-0.4, -0.2) is 51.6 Å². The Morgan fingerprint density at radius 3 is 2.30 bits per heavy atom. The molecule has 1 aliphatic heterocycles. The van der Waals surface area contributed by atoms with Gasteiger partial charge >= 0.3 is 0 Å². The van der Waals surface area contributed by atoms with E-state index in [1.54, 1.807) is 29.2 Å². The van der Waals surface area contributed by atoms with Crippen LogP contribution in [0.15, 0.2) is 65.7 Å². The lowest BCUT2D eigenvalue weighted by Gasteiger charge is -2.36. The third-order valence-corrected chi connectivity index (χ3v) is 5.17. The number of phenolic OH excluding ortho intramolecular Hbond substituents is 1. The number of piperazine rings is 1. The minimum atomic E-state index is -0.358. The minimum Gasteiger partial charge on any atom is -0.508 e. The maximum atomic E-state index is 13.1. The first-order valence-corrected chi connectivity index (χ1v) is 9.64. The van der Waals surface area contributed by atoms with Gasteiger partial charge in [0.15, 0.2) is 0 Å². The number of rotatable bonds is 4. The van der Waals surface area contributed by atoms with Crippen LogP contribution in [0.2, 0.25) is 0 Å². The molecule has 1 aliphatic rings. The van der Waals surface area contributed by atoms with Gasteiger partial charge < -0.3 is 14.9 Å². The molecule has 8 heteroatoms. The van der Waals surface area contributed by atoms with E-state index < -0.39 is 0 Å². The second kappa shape index (κ2) is 8.36. The Bertz CT molecular complexity index is 1090. The second-order valence-corrected chi connectivity index (χ2v) is 7.13. The summed E-state index contributed by atoms with van der Waals surface area (Å²) in [4.78, 5) is 33.2. The summed E-state index contributed by atoms with van der Waals surface area (Å²) in [6.07, 6.45) is 1.35. The number of halogens is 1. The lowest BCUT2D eigenvalue weighted by molar-refractivity contribution is -0.132. The molecule has 7 nitrogen and oxygen atoms in total. The third-order valence-electron chi connectivity index (χ3n) is 5.17. The topological polar surface area (TPSA) is 78.7 Å². The van der Waals surface area contributed by atoms with Gasteiger partial charge in [0.1, 0.15) is 18.1 Å². The first-order valence-electron chi connectivity index (χ1n) is 9.64. The molecule has 1 aromatic heterocycles. The van der Waals surface area contributed by atoms with Crippen LogP contribution in [0.3, 0.4) is 0 Å². The number of aromatic hydroxyl groups is 1. The summed E-state index contributed by atoms with van der Waals surface area (Å²) in [6.45, 7) is 2.38. The van der Waals surface area contributed by atoms with Gasteiger partial charge in [0, 0.05) is 43.5 Å². The first kappa shape index (κ1) is 19.6. The van der Waals surface area contributed by atoms with E-state index in [1.807, 2.05) is 12.1 Å². The number of nitrogens with zero attached hydrogens (tertiary/aromatic N) is 4. The molecule has 2 heterocycles. The monoisotopic (exact) mass is 408 g/mol. The Morgan fingerprint density at radius 2 is 1.67 bits per heavy atom. The van der Waals surface area contributed by atoms with E-state index in [9.17, 15) is 19.1 Å². The number of aromatic nitrogens is 2. The molecule has 0 saturated carbocycles. The average molecular weight is 408 g/mol. The Morgan fingerprint density at radius 1 is 1.00 bits per heavy atom.